The van der Waals surface area contributed by atoms with E-state index < -0.39 is 6.10 Å². The van der Waals surface area contributed by atoms with Gasteiger partial charge >= 0.3 is 0 Å². The second-order valence-corrected chi connectivity index (χ2v) is 5.54. The van der Waals surface area contributed by atoms with E-state index in [0.29, 0.717) is 6.42 Å². The number of aliphatic hydroxyl groups excluding tert-OH is 1. The smallest absolute Gasteiger partial charge is 0.165 e. The Kier molecular flexibility index (Phi) is 6.12. The maximum absolute atomic E-state index is 11.9. The van der Waals surface area contributed by atoms with Gasteiger partial charge in [-0.05, 0) is 46.2 Å². The van der Waals surface area contributed by atoms with Gasteiger partial charge in [-0.15, -0.1) is 0 Å². The van der Waals surface area contributed by atoms with E-state index in [1.807, 2.05) is 38.1 Å². The molecular formula is C14H19IO2. The standard InChI is InChI=1S/C14H19IO2/c1-3-11(4-2)14(17)13(16)9-10-5-7-12(15)8-6-10/h5-8,11,14,17H,3-4,9H2,1-2H3. The average molecular weight is 346 g/mol. The van der Waals surface area contributed by atoms with Crippen LogP contribution in [-0.2, 0) is 11.2 Å². The minimum atomic E-state index is -0.815. The summed E-state index contributed by atoms with van der Waals surface area (Å²) in [6.07, 6.45) is 1.20. The molecule has 0 spiro atoms. The third-order valence-corrected chi connectivity index (χ3v) is 3.84. The summed E-state index contributed by atoms with van der Waals surface area (Å²) in [6, 6.07) is 7.85. The molecule has 1 rings (SSSR count). The lowest BCUT2D eigenvalue weighted by Gasteiger charge is -2.18. The molecule has 0 radical (unpaired) electrons. The first-order valence-electron chi connectivity index (χ1n) is 6.03. The van der Waals surface area contributed by atoms with Crippen LogP contribution in [0.5, 0.6) is 0 Å². The Bertz CT molecular complexity index is 355. The Balaban J connectivity index is 2.62. The van der Waals surface area contributed by atoms with Gasteiger partial charge in [0.05, 0.1) is 0 Å². The van der Waals surface area contributed by atoms with E-state index in [1.165, 1.54) is 0 Å². The minimum Gasteiger partial charge on any atom is -0.385 e. The molecular weight excluding hydrogens is 327 g/mol. The van der Waals surface area contributed by atoms with Crippen molar-refractivity contribution in [1.82, 2.24) is 0 Å². The molecule has 0 aliphatic carbocycles. The summed E-state index contributed by atoms with van der Waals surface area (Å²) in [7, 11) is 0. The van der Waals surface area contributed by atoms with E-state index in [2.05, 4.69) is 22.6 Å². The molecule has 0 amide bonds. The highest BCUT2D eigenvalue weighted by molar-refractivity contribution is 14.1. The normalized spacial score (nSPS) is 12.8. The van der Waals surface area contributed by atoms with Gasteiger partial charge < -0.3 is 5.11 Å². The van der Waals surface area contributed by atoms with Crippen LogP contribution in [0.2, 0.25) is 0 Å². The molecule has 0 aliphatic rings. The van der Waals surface area contributed by atoms with Crippen molar-refractivity contribution in [1.29, 1.82) is 0 Å². The van der Waals surface area contributed by atoms with Gasteiger partial charge in [0.2, 0.25) is 0 Å². The largest absolute Gasteiger partial charge is 0.385 e. The number of rotatable bonds is 6. The fourth-order valence-electron chi connectivity index (χ4n) is 1.91. The zero-order valence-electron chi connectivity index (χ0n) is 10.3. The Labute approximate surface area is 117 Å². The number of carbonyl (C=O) groups is 1. The predicted molar refractivity (Wildman–Crippen MR) is 77.9 cm³/mol. The van der Waals surface area contributed by atoms with Gasteiger partial charge in [-0.1, -0.05) is 38.8 Å². The van der Waals surface area contributed by atoms with Gasteiger partial charge in [0, 0.05) is 9.99 Å². The lowest BCUT2D eigenvalue weighted by atomic mass is 9.91. The molecule has 0 saturated heterocycles. The third kappa shape index (κ3) is 4.39. The minimum absolute atomic E-state index is 0.0695. The first kappa shape index (κ1) is 14.6. The number of carbonyl (C=O) groups excluding carboxylic acids is 1. The monoisotopic (exact) mass is 346 g/mol. The molecule has 0 heterocycles. The summed E-state index contributed by atoms with van der Waals surface area (Å²) in [5.74, 6) is 0.0197. The van der Waals surface area contributed by atoms with Gasteiger partial charge in [0.25, 0.3) is 0 Å². The summed E-state index contributed by atoms with van der Waals surface area (Å²) >= 11 is 2.23. The van der Waals surface area contributed by atoms with Crippen molar-refractivity contribution < 1.29 is 9.90 Å². The molecule has 94 valence electrons. The third-order valence-electron chi connectivity index (χ3n) is 3.12. The van der Waals surface area contributed by atoms with Crippen LogP contribution in [0, 0.1) is 9.49 Å². The van der Waals surface area contributed by atoms with E-state index in [0.717, 1.165) is 22.0 Å². The molecule has 0 bridgehead atoms. The van der Waals surface area contributed by atoms with Gasteiger partial charge in [0.15, 0.2) is 5.78 Å². The highest BCUT2D eigenvalue weighted by atomic mass is 127. The Morgan fingerprint density at radius 1 is 1.24 bits per heavy atom. The van der Waals surface area contributed by atoms with Crippen LogP contribution in [0.15, 0.2) is 24.3 Å². The van der Waals surface area contributed by atoms with Crippen LogP contribution >= 0.6 is 22.6 Å². The average Bonchev–Trinajstić information content (AvgIpc) is 2.33. The van der Waals surface area contributed by atoms with Crippen molar-refractivity contribution >= 4 is 28.4 Å². The van der Waals surface area contributed by atoms with Crippen molar-refractivity contribution in [2.24, 2.45) is 5.92 Å². The Morgan fingerprint density at radius 3 is 2.24 bits per heavy atom. The first-order chi connectivity index (χ1) is 8.08. The van der Waals surface area contributed by atoms with Gasteiger partial charge in [-0.25, -0.2) is 0 Å². The summed E-state index contributed by atoms with van der Waals surface area (Å²) in [5.41, 5.74) is 0.973. The second-order valence-electron chi connectivity index (χ2n) is 4.29. The van der Waals surface area contributed by atoms with Crippen molar-refractivity contribution in [2.75, 3.05) is 0 Å². The molecule has 3 heteroatoms. The fourth-order valence-corrected chi connectivity index (χ4v) is 2.27. The van der Waals surface area contributed by atoms with Crippen molar-refractivity contribution in [2.45, 2.75) is 39.2 Å². The first-order valence-corrected chi connectivity index (χ1v) is 7.11. The molecule has 0 aliphatic heterocycles. The van der Waals surface area contributed by atoms with Crippen LogP contribution in [0.1, 0.15) is 32.3 Å². The van der Waals surface area contributed by atoms with Crippen LogP contribution in [0.25, 0.3) is 0 Å². The van der Waals surface area contributed by atoms with Crippen molar-refractivity contribution in [3.8, 4) is 0 Å². The highest BCUT2D eigenvalue weighted by Gasteiger charge is 2.22. The second kappa shape index (κ2) is 7.11. The Hall–Kier alpha value is -0.420. The van der Waals surface area contributed by atoms with Crippen LogP contribution in [0.3, 0.4) is 0 Å². The van der Waals surface area contributed by atoms with Gasteiger partial charge in [-0.3, -0.25) is 4.79 Å². The molecule has 17 heavy (non-hydrogen) atoms. The molecule has 1 unspecified atom stereocenters. The summed E-state index contributed by atoms with van der Waals surface area (Å²) < 4.78 is 1.15. The van der Waals surface area contributed by atoms with E-state index in [-0.39, 0.29) is 11.7 Å². The zero-order chi connectivity index (χ0) is 12.8. The molecule has 1 N–H and O–H groups in total. The maximum Gasteiger partial charge on any atom is 0.165 e. The molecule has 1 atom stereocenters. The van der Waals surface area contributed by atoms with Crippen molar-refractivity contribution in [3.05, 3.63) is 33.4 Å². The SMILES string of the molecule is CCC(CC)C(O)C(=O)Cc1ccc(I)cc1. The van der Waals surface area contributed by atoms with Crippen LogP contribution in [-0.4, -0.2) is 17.0 Å². The molecule has 0 fully saturated rings. The predicted octanol–water partition coefficient (Wildman–Crippen LogP) is 3.20. The summed E-state index contributed by atoms with van der Waals surface area (Å²) in [6.45, 7) is 4.02. The number of aliphatic hydroxyl groups is 1. The Morgan fingerprint density at radius 2 is 1.76 bits per heavy atom. The molecule has 0 aromatic heterocycles. The topological polar surface area (TPSA) is 37.3 Å². The number of hydrogen-bond acceptors (Lipinski definition) is 2. The van der Waals surface area contributed by atoms with Crippen LogP contribution in [0.4, 0.5) is 0 Å². The lowest BCUT2D eigenvalue weighted by molar-refractivity contribution is -0.129. The zero-order valence-corrected chi connectivity index (χ0v) is 12.5. The van der Waals surface area contributed by atoms with Crippen LogP contribution < -0.4 is 0 Å². The van der Waals surface area contributed by atoms with Gasteiger partial charge in [-0.2, -0.15) is 0 Å². The van der Waals surface area contributed by atoms with Crippen molar-refractivity contribution in [3.63, 3.8) is 0 Å². The van der Waals surface area contributed by atoms with E-state index in [9.17, 15) is 9.90 Å². The fraction of sp³-hybridized carbons (Fsp3) is 0.500. The maximum atomic E-state index is 11.9. The number of halogens is 1. The van der Waals surface area contributed by atoms with Gasteiger partial charge in [0.1, 0.15) is 6.10 Å². The molecule has 1 aromatic carbocycles. The number of Topliss-reactive ketones (excluding diaryl/α,β-unsaturated/α-hetero) is 1. The quantitative estimate of drug-likeness (QED) is 0.804. The molecule has 1 aromatic rings. The summed E-state index contributed by atoms with van der Waals surface area (Å²) in [4.78, 5) is 11.9. The van der Waals surface area contributed by atoms with E-state index in [1.54, 1.807) is 0 Å². The van der Waals surface area contributed by atoms with E-state index in [4.69, 9.17) is 0 Å². The van der Waals surface area contributed by atoms with E-state index >= 15 is 0 Å². The summed E-state index contributed by atoms with van der Waals surface area (Å²) in [5, 5.41) is 9.94. The number of hydrogen-bond donors (Lipinski definition) is 1. The highest BCUT2D eigenvalue weighted by Crippen LogP contribution is 2.16. The molecule has 0 saturated carbocycles. The lowest BCUT2D eigenvalue weighted by Crippen LogP contribution is -2.30. The number of ketones is 1. The molecule has 2 nitrogen and oxygen atoms in total. The number of benzene rings is 1.